The molecule has 0 saturated heterocycles. The highest BCUT2D eigenvalue weighted by molar-refractivity contribution is 5.76. The summed E-state index contributed by atoms with van der Waals surface area (Å²) in [4.78, 5) is 24.0. The van der Waals surface area contributed by atoms with Crippen LogP contribution in [0.4, 0.5) is 0 Å². The van der Waals surface area contributed by atoms with E-state index in [0.29, 0.717) is 5.71 Å². The number of fused-ring (bicyclic) bond motifs is 6. The van der Waals surface area contributed by atoms with Crippen LogP contribution in [0, 0.1) is 0 Å². The van der Waals surface area contributed by atoms with Gasteiger partial charge < -0.3 is 17.7 Å². The van der Waals surface area contributed by atoms with Crippen molar-refractivity contribution in [3.8, 4) is 0 Å². The number of aromatic nitrogens is 6. The van der Waals surface area contributed by atoms with E-state index in [1.54, 1.807) is 62.2 Å². The fourth-order valence-corrected chi connectivity index (χ4v) is 5.37. The fourth-order valence-electron chi connectivity index (χ4n) is 5.37. The van der Waals surface area contributed by atoms with Crippen LogP contribution in [0.1, 0.15) is 20.3 Å². The molecule has 0 fully saturated rings. The molecule has 10 heterocycles. The zero-order valence-electron chi connectivity index (χ0n) is 29.1. The Labute approximate surface area is 316 Å². The average molecular weight is 727 g/mol. The summed E-state index contributed by atoms with van der Waals surface area (Å²) < 4.78 is 20.2. The first kappa shape index (κ1) is 37.3. The molecular formula is C45H38N6O4. The van der Waals surface area contributed by atoms with Gasteiger partial charge in [0.2, 0.25) is 5.71 Å². The van der Waals surface area contributed by atoms with Crippen LogP contribution in [-0.4, -0.2) is 29.9 Å². The van der Waals surface area contributed by atoms with Gasteiger partial charge in [0.1, 0.15) is 11.1 Å². The van der Waals surface area contributed by atoms with Crippen LogP contribution >= 0.6 is 0 Å². The van der Waals surface area contributed by atoms with Crippen molar-refractivity contribution < 1.29 is 17.7 Å². The fraction of sp³-hybridized carbons (Fsp3) is 0.0667. The normalized spacial score (nSPS) is 11.2. The lowest BCUT2D eigenvalue weighted by Gasteiger charge is -1.80. The highest BCUT2D eigenvalue weighted by Crippen LogP contribution is 2.13. The van der Waals surface area contributed by atoms with Crippen molar-refractivity contribution in [1.29, 1.82) is 0 Å². The van der Waals surface area contributed by atoms with Crippen molar-refractivity contribution >= 4 is 68.4 Å². The molecule has 10 aromatic rings. The van der Waals surface area contributed by atoms with Gasteiger partial charge in [0.15, 0.2) is 11.2 Å². The molecule has 2 aliphatic rings. The third-order valence-corrected chi connectivity index (χ3v) is 8.04. The first-order valence-electron chi connectivity index (χ1n) is 17.1. The molecular weight excluding hydrogens is 689 g/mol. The van der Waals surface area contributed by atoms with Gasteiger partial charge in [-0.2, -0.15) is 0 Å². The highest BCUT2D eigenvalue weighted by Gasteiger charge is 1.94. The Balaban J connectivity index is 0.000000112. The van der Waals surface area contributed by atoms with Crippen LogP contribution in [0.2, 0.25) is 0 Å². The summed E-state index contributed by atoms with van der Waals surface area (Å²) in [5.41, 5.74) is 4.20. The maximum Gasteiger partial charge on any atom is 0.225 e. The maximum atomic E-state index is 5.08. The minimum Gasteiger partial charge on any atom is -0.464 e. The Kier molecular flexibility index (Phi) is 13.2. The molecule has 12 rings (SSSR count). The molecule has 10 aromatic heterocycles. The van der Waals surface area contributed by atoms with Crippen molar-refractivity contribution in [3.05, 3.63) is 181 Å². The van der Waals surface area contributed by atoms with Gasteiger partial charge in [0, 0.05) is 71.8 Å². The molecule has 0 aromatic carbocycles. The standard InChI is InChI=1S/2C8H7N.4C7H5NO.CH4/c1-3-7-4-2-6-9-8(7)5-1;1-2-7-4-5-9-6-8(7)3-1;1-3-8-5-6-2-4-9-7(1)6;1-3-8-5-7-6(1)2-4-9-7;1-2-7-6(8-4-1)3-5-9-7;1-2-6-3-5-9-7(6)8-4-1;/h2*2-6H,1H2;4*1-5H;1H4. The van der Waals surface area contributed by atoms with Crippen LogP contribution < -0.4 is 21.0 Å². The zero-order valence-corrected chi connectivity index (χ0v) is 29.1. The topological polar surface area (TPSA) is 130 Å². The van der Waals surface area contributed by atoms with Crippen molar-refractivity contribution in [2.45, 2.75) is 20.3 Å². The molecule has 0 saturated carbocycles. The molecule has 10 nitrogen and oxygen atoms in total. The Morgan fingerprint density at radius 1 is 0.400 bits per heavy atom. The highest BCUT2D eigenvalue weighted by atomic mass is 16.3. The monoisotopic (exact) mass is 726 g/mol. The van der Waals surface area contributed by atoms with E-state index in [2.05, 4.69) is 60.3 Å². The van der Waals surface area contributed by atoms with Gasteiger partial charge >= 0.3 is 0 Å². The molecule has 0 N–H and O–H groups in total. The molecule has 2 aliphatic carbocycles. The molecule has 10 heteroatoms. The smallest absolute Gasteiger partial charge is 0.225 e. The Morgan fingerprint density at radius 2 is 1.05 bits per heavy atom. The van der Waals surface area contributed by atoms with E-state index in [0.717, 1.165) is 56.6 Å². The maximum absolute atomic E-state index is 5.08. The second-order valence-electron chi connectivity index (χ2n) is 11.6. The minimum atomic E-state index is 0. The summed E-state index contributed by atoms with van der Waals surface area (Å²) in [6.07, 6.45) is 33.4. The van der Waals surface area contributed by atoms with E-state index in [4.69, 9.17) is 17.7 Å². The Bertz CT molecular complexity index is 2430. The van der Waals surface area contributed by atoms with Gasteiger partial charge in [0.05, 0.1) is 36.6 Å². The Hall–Kier alpha value is -7.46. The molecule has 55 heavy (non-hydrogen) atoms. The molecule has 0 atom stereocenters. The Morgan fingerprint density at radius 3 is 1.91 bits per heavy atom. The summed E-state index contributed by atoms with van der Waals surface area (Å²) in [6, 6.07) is 25.0. The number of rotatable bonds is 0. The second-order valence-corrected chi connectivity index (χ2v) is 11.6. The van der Waals surface area contributed by atoms with E-state index in [1.165, 1.54) is 15.7 Å². The lowest BCUT2D eigenvalue weighted by Crippen LogP contribution is -2.23. The summed E-state index contributed by atoms with van der Waals surface area (Å²) in [6.45, 7) is 0. The third-order valence-electron chi connectivity index (χ3n) is 8.04. The van der Waals surface area contributed by atoms with Gasteiger partial charge in [0.25, 0.3) is 0 Å². The molecule has 0 unspecified atom stereocenters. The molecule has 0 bridgehead atoms. The van der Waals surface area contributed by atoms with E-state index in [9.17, 15) is 0 Å². The van der Waals surface area contributed by atoms with E-state index in [1.807, 2.05) is 91.4 Å². The predicted molar refractivity (Wildman–Crippen MR) is 217 cm³/mol. The van der Waals surface area contributed by atoms with Crippen LogP contribution in [0.15, 0.2) is 177 Å². The second kappa shape index (κ2) is 19.4. The van der Waals surface area contributed by atoms with E-state index < -0.39 is 0 Å². The number of hydrogen-bond donors (Lipinski definition) is 0. The summed E-state index contributed by atoms with van der Waals surface area (Å²) in [5, 5.41) is 8.22. The van der Waals surface area contributed by atoms with Crippen molar-refractivity contribution in [3.63, 3.8) is 0 Å². The van der Waals surface area contributed by atoms with Crippen LogP contribution in [-0.2, 0) is 0 Å². The molecule has 0 radical (unpaired) electrons. The minimum absolute atomic E-state index is 0. The van der Waals surface area contributed by atoms with Gasteiger partial charge in [-0.05, 0) is 95.2 Å². The van der Waals surface area contributed by atoms with Gasteiger partial charge in [-0.15, -0.1) is 0 Å². The summed E-state index contributed by atoms with van der Waals surface area (Å²) in [7, 11) is 0. The average Bonchev–Trinajstić information content (AvgIpc) is 4.09. The zero-order chi connectivity index (χ0) is 36.6. The van der Waals surface area contributed by atoms with Gasteiger partial charge in [-0.1, -0.05) is 37.8 Å². The number of nitrogens with zero attached hydrogens (tertiary/aromatic N) is 6. The van der Waals surface area contributed by atoms with Crippen LogP contribution in [0.3, 0.4) is 0 Å². The number of furan rings is 4. The summed E-state index contributed by atoms with van der Waals surface area (Å²) in [5.74, 6) is 0. The molecule has 0 aliphatic heterocycles. The van der Waals surface area contributed by atoms with Crippen LogP contribution in [0.5, 0.6) is 0 Å². The van der Waals surface area contributed by atoms with E-state index >= 15 is 0 Å². The van der Waals surface area contributed by atoms with Gasteiger partial charge in [-0.3, -0.25) is 24.9 Å². The number of hydrogen-bond acceptors (Lipinski definition) is 10. The first-order valence-corrected chi connectivity index (χ1v) is 17.1. The first-order chi connectivity index (χ1) is 26.8. The predicted octanol–water partition coefficient (Wildman–Crippen LogP) is 8.04. The lowest BCUT2D eigenvalue weighted by molar-refractivity contribution is 0.603. The largest absolute Gasteiger partial charge is 0.464 e. The molecule has 0 amide bonds. The third kappa shape index (κ3) is 10.3. The molecule has 272 valence electrons. The number of pyridine rings is 6. The van der Waals surface area contributed by atoms with Crippen molar-refractivity contribution in [1.82, 2.24) is 29.9 Å². The van der Waals surface area contributed by atoms with Crippen molar-refractivity contribution in [2.75, 3.05) is 0 Å². The summed E-state index contributed by atoms with van der Waals surface area (Å²) >= 11 is 0. The lowest BCUT2D eigenvalue weighted by atomic mass is 10.3. The van der Waals surface area contributed by atoms with Crippen molar-refractivity contribution in [2.24, 2.45) is 0 Å². The SMILES string of the molecule is C.C1=c2cccnc2=CC1.C1=c2ccncc2=CC1.c1cc2ccoc2cn1.c1cc2occc2cn1.c1cnc2ccoc2c1.c1cnc2occc2c1. The van der Waals surface area contributed by atoms with Gasteiger partial charge in [-0.25, -0.2) is 4.98 Å². The quantitative estimate of drug-likeness (QED) is 0.151. The van der Waals surface area contributed by atoms with Crippen LogP contribution in [0.25, 0.3) is 68.4 Å². The van der Waals surface area contributed by atoms with E-state index in [-0.39, 0.29) is 7.43 Å². The molecule has 0 spiro atoms.